The summed E-state index contributed by atoms with van der Waals surface area (Å²) in [5.74, 6) is 0.903. The number of aromatic nitrogens is 4. The summed E-state index contributed by atoms with van der Waals surface area (Å²) in [4.78, 5) is 31.7. The normalized spacial score (nSPS) is 13.8. The van der Waals surface area contributed by atoms with Gasteiger partial charge < -0.3 is 24.3 Å². The lowest BCUT2D eigenvalue weighted by Crippen LogP contribution is -2.36. The van der Waals surface area contributed by atoms with E-state index in [1.807, 2.05) is 12.1 Å². The fourth-order valence-electron chi connectivity index (χ4n) is 3.70. The highest BCUT2D eigenvalue weighted by molar-refractivity contribution is 6.33. The zero-order valence-corrected chi connectivity index (χ0v) is 19.5. The first-order valence-electron chi connectivity index (χ1n) is 10.9. The second-order valence-electron chi connectivity index (χ2n) is 7.91. The maximum atomic E-state index is 11.5. The van der Waals surface area contributed by atoms with E-state index in [0.29, 0.717) is 33.4 Å². The third kappa shape index (κ3) is 4.52. The molecule has 9 nitrogen and oxygen atoms in total. The standard InChI is InChI=1S/C24H23ClN6O3/c1-15(32)30(2)21-8-7-18(14-26-21)34-24-27-20-13-19(25)22(28-23(20)29-24)16-3-5-17(6-4-16)31-9-11-33-12-10-31/h3-8,13-14H,9-12H2,1-2H3,(H,27,28,29). The Bertz CT molecular complexity index is 1320. The lowest BCUT2D eigenvalue weighted by Gasteiger charge is -2.28. The van der Waals surface area contributed by atoms with Crippen LogP contribution >= 0.6 is 11.6 Å². The molecule has 1 fully saturated rings. The van der Waals surface area contributed by atoms with Gasteiger partial charge in [0.1, 0.15) is 11.6 Å². The van der Waals surface area contributed by atoms with Crippen LogP contribution < -0.4 is 14.5 Å². The first-order valence-corrected chi connectivity index (χ1v) is 11.2. The summed E-state index contributed by atoms with van der Waals surface area (Å²) in [6, 6.07) is 13.7. The Kier molecular flexibility index (Phi) is 6.04. The fraction of sp³-hybridized carbons (Fsp3) is 0.250. The lowest BCUT2D eigenvalue weighted by atomic mass is 10.1. The van der Waals surface area contributed by atoms with E-state index in [9.17, 15) is 4.79 Å². The average Bonchev–Trinajstić information content (AvgIpc) is 3.25. The Labute approximate surface area is 201 Å². The number of amides is 1. The zero-order valence-electron chi connectivity index (χ0n) is 18.8. The summed E-state index contributed by atoms with van der Waals surface area (Å²) in [5, 5.41) is 0.514. The molecule has 1 saturated heterocycles. The van der Waals surface area contributed by atoms with E-state index in [0.717, 1.165) is 37.6 Å². The average molecular weight is 479 g/mol. The van der Waals surface area contributed by atoms with Crippen LogP contribution in [0.3, 0.4) is 0 Å². The Morgan fingerprint density at radius 3 is 2.59 bits per heavy atom. The minimum atomic E-state index is -0.104. The molecule has 1 N–H and O–H groups in total. The predicted molar refractivity (Wildman–Crippen MR) is 131 cm³/mol. The van der Waals surface area contributed by atoms with Crippen LogP contribution in [0.25, 0.3) is 22.4 Å². The van der Waals surface area contributed by atoms with Crippen LogP contribution in [-0.2, 0) is 9.53 Å². The number of halogens is 1. The molecule has 4 aromatic rings. The second-order valence-corrected chi connectivity index (χ2v) is 8.32. The number of hydrogen-bond acceptors (Lipinski definition) is 7. The van der Waals surface area contributed by atoms with E-state index in [-0.39, 0.29) is 11.9 Å². The van der Waals surface area contributed by atoms with Crippen LogP contribution in [0, 0.1) is 0 Å². The number of nitrogens with one attached hydrogen (secondary N) is 1. The molecular formula is C24H23ClN6O3. The predicted octanol–water partition coefficient (Wildman–Crippen LogP) is 4.28. The summed E-state index contributed by atoms with van der Waals surface area (Å²) in [5.41, 5.74) is 3.86. The van der Waals surface area contributed by atoms with E-state index in [1.165, 1.54) is 18.0 Å². The van der Waals surface area contributed by atoms with Crippen molar-refractivity contribution < 1.29 is 14.3 Å². The topological polar surface area (TPSA) is 96.5 Å². The number of H-pyrrole nitrogens is 1. The lowest BCUT2D eigenvalue weighted by molar-refractivity contribution is -0.116. The van der Waals surface area contributed by atoms with Crippen molar-refractivity contribution in [2.75, 3.05) is 43.2 Å². The van der Waals surface area contributed by atoms with Crippen molar-refractivity contribution in [3.63, 3.8) is 0 Å². The summed E-state index contributed by atoms with van der Waals surface area (Å²) < 4.78 is 11.2. The van der Waals surface area contributed by atoms with Crippen molar-refractivity contribution in [3.8, 4) is 23.0 Å². The first-order chi connectivity index (χ1) is 16.5. The number of ether oxygens (including phenoxy) is 2. The van der Waals surface area contributed by atoms with Gasteiger partial charge in [-0.1, -0.05) is 23.7 Å². The molecule has 0 spiro atoms. The van der Waals surface area contributed by atoms with Gasteiger partial charge in [0.2, 0.25) is 5.91 Å². The number of aromatic amines is 1. The highest BCUT2D eigenvalue weighted by atomic mass is 35.5. The monoisotopic (exact) mass is 478 g/mol. The van der Waals surface area contributed by atoms with Gasteiger partial charge in [0.05, 0.1) is 35.6 Å². The molecule has 0 unspecified atom stereocenters. The van der Waals surface area contributed by atoms with Gasteiger partial charge in [-0.15, -0.1) is 0 Å². The molecule has 0 radical (unpaired) electrons. The minimum Gasteiger partial charge on any atom is -0.424 e. The number of rotatable bonds is 5. The number of carbonyl (C=O) groups excluding carboxylic acids is 1. The van der Waals surface area contributed by atoms with Gasteiger partial charge in [0.25, 0.3) is 0 Å². The summed E-state index contributed by atoms with van der Waals surface area (Å²) in [6.07, 6.45) is 1.53. The van der Waals surface area contributed by atoms with Crippen molar-refractivity contribution in [3.05, 3.63) is 53.7 Å². The highest BCUT2D eigenvalue weighted by Gasteiger charge is 2.15. The number of pyridine rings is 2. The molecule has 1 amide bonds. The maximum absolute atomic E-state index is 11.5. The summed E-state index contributed by atoms with van der Waals surface area (Å²) in [6.45, 7) is 4.72. The molecule has 10 heteroatoms. The van der Waals surface area contributed by atoms with Gasteiger partial charge in [-0.2, -0.15) is 4.98 Å². The van der Waals surface area contributed by atoms with Crippen molar-refractivity contribution in [1.82, 2.24) is 19.9 Å². The molecule has 0 atom stereocenters. The van der Waals surface area contributed by atoms with Gasteiger partial charge in [0, 0.05) is 38.3 Å². The molecule has 0 bridgehead atoms. The molecule has 1 aliphatic rings. The van der Waals surface area contributed by atoms with Gasteiger partial charge in [0.15, 0.2) is 5.65 Å². The fourth-order valence-corrected chi connectivity index (χ4v) is 3.96. The van der Waals surface area contributed by atoms with Crippen LogP contribution in [0.1, 0.15) is 6.92 Å². The second kappa shape index (κ2) is 9.28. The number of morpholine rings is 1. The molecule has 0 saturated carbocycles. The van der Waals surface area contributed by atoms with Gasteiger partial charge >= 0.3 is 6.01 Å². The number of fused-ring (bicyclic) bond motifs is 1. The molecule has 174 valence electrons. The van der Waals surface area contributed by atoms with Crippen LogP contribution in [0.2, 0.25) is 5.02 Å². The molecule has 3 aromatic heterocycles. The Balaban J connectivity index is 1.36. The van der Waals surface area contributed by atoms with Crippen molar-refractivity contribution in [2.24, 2.45) is 0 Å². The number of benzene rings is 1. The molecular weight excluding hydrogens is 456 g/mol. The largest absolute Gasteiger partial charge is 0.424 e. The summed E-state index contributed by atoms with van der Waals surface area (Å²) >= 11 is 6.55. The molecule has 0 aliphatic carbocycles. The molecule has 1 aliphatic heterocycles. The SMILES string of the molecule is CC(=O)N(C)c1ccc(Oc2nc3nc(-c4ccc(N5CCOCC5)cc4)c(Cl)cc3[nH]2)cn1. The van der Waals surface area contributed by atoms with Gasteiger partial charge in [-0.3, -0.25) is 4.79 Å². The number of nitrogens with zero attached hydrogens (tertiary/aromatic N) is 5. The molecule has 5 rings (SSSR count). The maximum Gasteiger partial charge on any atom is 0.301 e. The van der Waals surface area contributed by atoms with E-state index in [2.05, 4.69) is 37.0 Å². The molecule has 34 heavy (non-hydrogen) atoms. The quantitative estimate of drug-likeness (QED) is 0.457. The first kappa shape index (κ1) is 22.1. The van der Waals surface area contributed by atoms with Crippen LogP contribution in [-0.4, -0.2) is 59.2 Å². The number of anilines is 2. The number of hydrogen-bond donors (Lipinski definition) is 1. The third-order valence-corrected chi connectivity index (χ3v) is 5.96. The Hall–Kier alpha value is -3.69. The van der Waals surface area contributed by atoms with E-state index in [1.54, 1.807) is 25.2 Å². The van der Waals surface area contributed by atoms with Crippen LogP contribution in [0.4, 0.5) is 11.5 Å². The third-order valence-electron chi connectivity index (χ3n) is 5.67. The number of imidazole rings is 1. The minimum absolute atomic E-state index is 0.104. The number of carbonyl (C=O) groups is 1. The van der Waals surface area contributed by atoms with Crippen LogP contribution in [0.15, 0.2) is 48.7 Å². The highest BCUT2D eigenvalue weighted by Crippen LogP contribution is 2.31. The Morgan fingerprint density at radius 2 is 1.91 bits per heavy atom. The summed E-state index contributed by atoms with van der Waals surface area (Å²) in [7, 11) is 1.66. The smallest absolute Gasteiger partial charge is 0.301 e. The van der Waals surface area contributed by atoms with Gasteiger partial charge in [-0.25, -0.2) is 9.97 Å². The molecule has 1 aromatic carbocycles. The van der Waals surface area contributed by atoms with E-state index < -0.39 is 0 Å². The molecule has 4 heterocycles. The van der Waals surface area contributed by atoms with Crippen molar-refractivity contribution in [2.45, 2.75) is 6.92 Å². The zero-order chi connectivity index (χ0) is 23.7. The van der Waals surface area contributed by atoms with Crippen molar-refractivity contribution in [1.29, 1.82) is 0 Å². The van der Waals surface area contributed by atoms with E-state index >= 15 is 0 Å². The van der Waals surface area contributed by atoms with Crippen LogP contribution in [0.5, 0.6) is 11.8 Å². The van der Waals surface area contributed by atoms with Crippen molar-refractivity contribution >= 4 is 40.2 Å². The van der Waals surface area contributed by atoms with Gasteiger partial charge in [-0.05, 0) is 30.3 Å². The Morgan fingerprint density at radius 1 is 1.15 bits per heavy atom. The van der Waals surface area contributed by atoms with E-state index in [4.69, 9.17) is 21.1 Å².